The third kappa shape index (κ3) is 7.94. The van der Waals surface area contributed by atoms with Crippen molar-refractivity contribution in [2.75, 3.05) is 18.1 Å². The summed E-state index contributed by atoms with van der Waals surface area (Å²) in [5.41, 5.74) is 2.51. The van der Waals surface area contributed by atoms with Crippen molar-refractivity contribution in [1.29, 1.82) is 0 Å². The number of nitrogens with two attached hydrogens (primary N) is 1. The highest BCUT2D eigenvalue weighted by Gasteiger charge is 1.91. The van der Waals surface area contributed by atoms with Crippen molar-refractivity contribution in [3.63, 3.8) is 0 Å². The van der Waals surface area contributed by atoms with E-state index in [-0.39, 0.29) is 5.78 Å². The minimum Gasteiger partial charge on any atom is -0.299 e. The Bertz CT molecular complexity index is 87.0. The fourth-order valence-electron chi connectivity index (χ4n) is 0.347. The maximum absolute atomic E-state index is 10.3. The van der Waals surface area contributed by atoms with E-state index < -0.39 is 0 Å². The lowest BCUT2D eigenvalue weighted by molar-refractivity contribution is -0.114. The first kappa shape index (κ1) is 8.94. The molecule has 4 heteroatoms. The molecule has 54 valence electrons. The standard InChI is InChI=1S/C5H12N2OS/c1-5(8)4-9-3-2-7-6/h7H,2-4,6H2,1H3. The van der Waals surface area contributed by atoms with Crippen LogP contribution in [0, 0.1) is 0 Å². The van der Waals surface area contributed by atoms with Crippen molar-refractivity contribution >= 4 is 17.5 Å². The highest BCUT2D eigenvalue weighted by molar-refractivity contribution is 7.99. The van der Waals surface area contributed by atoms with Crippen LogP contribution in [0.25, 0.3) is 0 Å². The van der Waals surface area contributed by atoms with Gasteiger partial charge < -0.3 is 0 Å². The summed E-state index contributed by atoms with van der Waals surface area (Å²) in [5, 5.41) is 0. The Morgan fingerprint density at radius 1 is 1.78 bits per heavy atom. The van der Waals surface area contributed by atoms with Crippen LogP contribution in [0.3, 0.4) is 0 Å². The van der Waals surface area contributed by atoms with Gasteiger partial charge in [-0.05, 0) is 6.92 Å². The molecule has 0 fully saturated rings. The van der Waals surface area contributed by atoms with Gasteiger partial charge in [-0.1, -0.05) is 0 Å². The van der Waals surface area contributed by atoms with Crippen LogP contribution in [-0.2, 0) is 4.79 Å². The zero-order chi connectivity index (χ0) is 7.11. The van der Waals surface area contributed by atoms with E-state index in [0.717, 1.165) is 12.3 Å². The Morgan fingerprint density at radius 2 is 2.44 bits per heavy atom. The van der Waals surface area contributed by atoms with Crippen LogP contribution in [0.5, 0.6) is 0 Å². The van der Waals surface area contributed by atoms with Gasteiger partial charge in [0.25, 0.3) is 0 Å². The first-order valence-electron chi connectivity index (χ1n) is 2.78. The minimum absolute atomic E-state index is 0.219. The molecule has 0 aliphatic rings. The zero-order valence-corrected chi connectivity index (χ0v) is 6.33. The molecule has 0 bridgehead atoms. The molecule has 0 atom stereocenters. The molecule has 0 aromatic rings. The lowest BCUT2D eigenvalue weighted by Gasteiger charge is -1.95. The number of carbonyl (C=O) groups is 1. The molecule has 0 spiro atoms. The Labute approximate surface area is 59.3 Å². The second kappa shape index (κ2) is 6.07. The zero-order valence-electron chi connectivity index (χ0n) is 5.52. The number of thioether (sulfide) groups is 1. The lowest BCUT2D eigenvalue weighted by atomic mass is 10.5. The van der Waals surface area contributed by atoms with E-state index in [0.29, 0.717) is 5.75 Å². The van der Waals surface area contributed by atoms with Crippen molar-refractivity contribution in [1.82, 2.24) is 5.43 Å². The van der Waals surface area contributed by atoms with E-state index in [1.165, 1.54) is 0 Å². The number of Topliss-reactive ketones (excluding diaryl/α,β-unsaturated/α-hetero) is 1. The van der Waals surface area contributed by atoms with Crippen LogP contribution in [0.2, 0.25) is 0 Å². The molecule has 0 saturated carbocycles. The van der Waals surface area contributed by atoms with Crippen molar-refractivity contribution in [2.24, 2.45) is 5.84 Å². The molecule has 0 heterocycles. The highest BCUT2D eigenvalue weighted by Crippen LogP contribution is 1.96. The first-order valence-corrected chi connectivity index (χ1v) is 3.93. The topological polar surface area (TPSA) is 55.1 Å². The molecule has 0 aromatic heterocycles. The summed E-state index contributed by atoms with van der Waals surface area (Å²) >= 11 is 1.59. The van der Waals surface area contributed by atoms with E-state index in [4.69, 9.17) is 5.84 Å². The predicted octanol–water partition coefficient (Wildman–Crippen LogP) is -0.228. The van der Waals surface area contributed by atoms with Gasteiger partial charge in [-0.25, -0.2) is 0 Å². The van der Waals surface area contributed by atoms with Crippen molar-refractivity contribution in [2.45, 2.75) is 6.92 Å². The predicted molar refractivity (Wildman–Crippen MR) is 40.2 cm³/mol. The second-order valence-electron chi connectivity index (χ2n) is 1.71. The molecule has 0 aliphatic carbocycles. The van der Waals surface area contributed by atoms with Gasteiger partial charge in [-0.3, -0.25) is 16.1 Å². The Morgan fingerprint density at radius 3 is 2.89 bits per heavy atom. The maximum atomic E-state index is 10.3. The smallest absolute Gasteiger partial charge is 0.139 e. The van der Waals surface area contributed by atoms with Gasteiger partial charge in [-0.15, -0.1) is 0 Å². The van der Waals surface area contributed by atoms with Crippen LogP contribution in [0.4, 0.5) is 0 Å². The van der Waals surface area contributed by atoms with E-state index in [1.54, 1.807) is 18.7 Å². The summed E-state index contributed by atoms with van der Waals surface area (Å²) in [6.45, 7) is 2.35. The molecule has 0 amide bonds. The number of carbonyl (C=O) groups excluding carboxylic acids is 1. The van der Waals surface area contributed by atoms with Crippen molar-refractivity contribution < 1.29 is 4.79 Å². The van der Waals surface area contributed by atoms with Crippen molar-refractivity contribution in [3.8, 4) is 0 Å². The number of ketones is 1. The third-order valence-corrected chi connectivity index (χ3v) is 1.80. The van der Waals surface area contributed by atoms with Gasteiger partial charge in [0.1, 0.15) is 5.78 Å². The molecule has 9 heavy (non-hydrogen) atoms. The molecule has 3 N–H and O–H groups in total. The summed E-state index contributed by atoms with van der Waals surface area (Å²) in [6.07, 6.45) is 0. The number of hydrogen-bond acceptors (Lipinski definition) is 4. The van der Waals surface area contributed by atoms with Gasteiger partial charge in [0.05, 0.1) is 5.75 Å². The number of hydrogen-bond donors (Lipinski definition) is 2. The molecule has 3 nitrogen and oxygen atoms in total. The SMILES string of the molecule is CC(=O)CSCCNN. The third-order valence-electron chi connectivity index (χ3n) is 0.696. The van der Waals surface area contributed by atoms with Gasteiger partial charge in [0.2, 0.25) is 0 Å². The van der Waals surface area contributed by atoms with E-state index in [2.05, 4.69) is 5.43 Å². The Kier molecular flexibility index (Phi) is 6.03. The molecule has 0 rings (SSSR count). The summed E-state index contributed by atoms with van der Waals surface area (Å²) in [5.74, 6) is 6.71. The molecule has 0 aliphatic heterocycles. The van der Waals surface area contributed by atoms with Crippen LogP contribution < -0.4 is 11.3 Å². The van der Waals surface area contributed by atoms with Gasteiger partial charge in [-0.2, -0.15) is 11.8 Å². The monoisotopic (exact) mass is 148 g/mol. The average Bonchev–Trinajstić information content (AvgIpc) is 1.80. The van der Waals surface area contributed by atoms with Crippen molar-refractivity contribution in [3.05, 3.63) is 0 Å². The Hall–Kier alpha value is -0.0600. The molecule has 0 radical (unpaired) electrons. The number of rotatable bonds is 5. The average molecular weight is 148 g/mol. The summed E-state index contributed by atoms with van der Waals surface area (Å²) in [4.78, 5) is 10.3. The van der Waals surface area contributed by atoms with Crippen LogP contribution in [-0.4, -0.2) is 23.8 Å². The minimum atomic E-state index is 0.219. The summed E-state index contributed by atoms with van der Waals surface area (Å²) in [7, 11) is 0. The Balaban J connectivity index is 2.83. The fraction of sp³-hybridized carbons (Fsp3) is 0.800. The molecule has 0 unspecified atom stereocenters. The number of nitrogens with one attached hydrogen (secondary N) is 1. The summed E-state index contributed by atoms with van der Waals surface area (Å²) in [6, 6.07) is 0. The normalized spacial score (nSPS) is 9.56. The molecule has 0 aromatic carbocycles. The van der Waals surface area contributed by atoms with Gasteiger partial charge >= 0.3 is 0 Å². The van der Waals surface area contributed by atoms with E-state index in [1.807, 2.05) is 0 Å². The quantitative estimate of drug-likeness (QED) is 0.321. The van der Waals surface area contributed by atoms with Crippen LogP contribution in [0.15, 0.2) is 0 Å². The van der Waals surface area contributed by atoms with Crippen LogP contribution >= 0.6 is 11.8 Å². The fourth-order valence-corrected chi connectivity index (χ4v) is 1.04. The summed E-state index contributed by atoms with van der Waals surface area (Å²) < 4.78 is 0. The van der Waals surface area contributed by atoms with Gasteiger partial charge in [0.15, 0.2) is 0 Å². The lowest BCUT2D eigenvalue weighted by Crippen LogP contribution is -2.24. The largest absolute Gasteiger partial charge is 0.299 e. The second-order valence-corrected chi connectivity index (χ2v) is 2.81. The van der Waals surface area contributed by atoms with Crippen LogP contribution in [0.1, 0.15) is 6.92 Å². The maximum Gasteiger partial charge on any atom is 0.139 e. The van der Waals surface area contributed by atoms with E-state index in [9.17, 15) is 4.79 Å². The molecular formula is C5H12N2OS. The number of hydrazine groups is 1. The first-order chi connectivity index (χ1) is 4.27. The van der Waals surface area contributed by atoms with E-state index >= 15 is 0 Å². The molecule has 0 saturated heterocycles. The van der Waals surface area contributed by atoms with Gasteiger partial charge in [0, 0.05) is 12.3 Å². The highest BCUT2D eigenvalue weighted by atomic mass is 32.2. The molecular weight excluding hydrogens is 136 g/mol.